The van der Waals surface area contributed by atoms with Crippen molar-refractivity contribution >= 4 is 10.9 Å². The number of aromatic nitrogens is 2. The van der Waals surface area contributed by atoms with Gasteiger partial charge in [-0.3, -0.25) is 0 Å². The minimum atomic E-state index is -0.626. The molecule has 1 atom stereocenters. The van der Waals surface area contributed by atoms with E-state index in [0.717, 1.165) is 44.4 Å². The van der Waals surface area contributed by atoms with Crippen LogP contribution in [0.25, 0.3) is 33.3 Å². The van der Waals surface area contributed by atoms with E-state index in [4.69, 9.17) is 9.51 Å². The van der Waals surface area contributed by atoms with Crippen molar-refractivity contribution in [2.75, 3.05) is 0 Å². The largest absolute Gasteiger partial charge is 0.389 e. The summed E-state index contributed by atoms with van der Waals surface area (Å²) >= 11 is 0. The molecule has 4 rings (SSSR count). The van der Waals surface area contributed by atoms with Gasteiger partial charge in [0.05, 0.1) is 29.1 Å². The van der Waals surface area contributed by atoms with Gasteiger partial charge < -0.3 is 9.63 Å². The Morgan fingerprint density at radius 1 is 1.04 bits per heavy atom. The van der Waals surface area contributed by atoms with Crippen LogP contribution in [0.15, 0.2) is 53.2 Å². The van der Waals surface area contributed by atoms with Crippen LogP contribution < -0.4 is 0 Å². The molecule has 2 heterocycles. The molecule has 4 nitrogen and oxygen atoms in total. The third-order valence-corrected chi connectivity index (χ3v) is 4.72. The minimum Gasteiger partial charge on any atom is -0.389 e. The number of halogens is 1. The molecule has 5 heteroatoms. The number of aliphatic hydroxyl groups excluding tert-OH is 1. The summed E-state index contributed by atoms with van der Waals surface area (Å²) in [6, 6.07) is 12.2. The van der Waals surface area contributed by atoms with Crippen LogP contribution in [0.4, 0.5) is 4.39 Å². The zero-order valence-electron chi connectivity index (χ0n) is 15.3. The van der Waals surface area contributed by atoms with E-state index in [9.17, 15) is 9.50 Å². The third kappa shape index (κ3) is 3.11. The molecule has 136 valence electrons. The van der Waals surface area contributed by atoms with E-state index >= 15 is 0 Å². The highest BCUT2D eigenvalue weighted by Crippen LogP contribution is 2.37. The molecule has 1 N–H and O–H groups in total. The molecule has 0 aliphatic heterocycles. The number of fused-ring (bicyclic) bond motifs is 1. The fourth-order valence-corrected chi connectivity index (χ4v) is 3.38. The van der Waals surface area contributed by atoms with Gasteiger partial charge in [-0.1, -0.05) is 23.4 Å². The van der Waals surface area contributed by atoms with E-state index in [1.807, 2.05) is 32.0 Å². The number of benzene rings is 2. The lowest BCUT2D eigenvalue weighted by atomic mass is 9.94. The number of nitrogens with zero attached hydrogens (tertiary/aromatic N) is 2. The summed E-state index contributed by atoms with van der Waals surface area (Å²) in [5.74, 6) is 0.365. The first-order valence-corrected chi connectivity index (χ1v) is 8.75. The summed E-state index contributed by atoms with van der Waals surface area (Å²) in [5.41, 5.74) is 5.79. The monoisotopic (exact) mass is 362 g/mol. The summed E-state index contributed by atoms with van der Waals surface area (Å²) < 4.78 is 18.7. The summed E-state index contributed by atoms with van der Waals surface area (Å²) in [4.78, 5) is 4.88. The van der Waals surface area contributed by atoms with Crippen molar-refractivity contribution in [1.29, 1.82) is 0 Å². The van der Waals surface area contributed by atoms with Gasteiger partial charge in [0.1, 0.15) is 11.6 Å². The molecule has 0 radical (unpaired) electrons. The van der Waals surface area contributed by atoms with E-state index in [0.29, 0.717) is 5.76 Å². The van der Waals surface area contributed by atoms with Crippen molar-refractivity contribution in [2.45, 2.75) is 26.9 Å². The average Bonchev–Trinajstić information content (AvgIpc) is 3.06. The molecule has 2 aromatic heterocycles. The van der Waals surface area contributed by atoms with E-state index in [1.54, 1.807) is 25.3 Å². The highest BCUT2D eigenvalue weighted by molar-refractivity contribution is 5.94. The molecule has 0 bridgehead atoms. The molecule has 0 amide bonds. The van der Waals surface area contributed by atoms with Gasteiger partial charge >= 0.3 is 0 Å². The first kappa shape index (κ1) is 17.4. The maximum absolute atomic E-state index is 13.4. The van der Waals surface area contributed by atoms with E-state index < -0.39 is 6.10 Å². The van der Waals surface area contributed by atoms with Crippen molar-refractivity contribution in [1.82, 2.24) is 10.1 Å². The lowest BCUT2D eigenvalue weighted by Gasteiger charge is -2.15. The van der Waals surface area contributed by atoms with Crippen molar-refractivity contribution in [2.24, 2.45) is 0 Å². The number of rotatable bonds is 3. The average molecular weight is 362 g/mol. The van der Waals surface area contributed by atoms with Gasteiger partial charge in [0, 0.05) is 10.9 Å². The Balaban J connectivity index is 2.09. The Kier molecular flexibility index (Phi) is 4.24. The van der Waals surface area contributed by atoms with Gasteiger partial charge in [-0.05, 0) is 61.7 Å². The smallest absolute Gasteiger partial charge is 0.143 e. The fraction of sp³-hybridized carbons (Fsp3) is 0.182. The number of hydrogen-bond acceptors (Lipinski definition) is 4. The number of aliphatic hydroxyl groups is 1. The summed E-state index contributed by atoms with van der Waals surface area (Å²) in [6.45, 7) is 5.55. The highest BCUT2D eigenvalue weighted by Gasteiger charge is 2.18. The molecule has 0 aliphatic carbocycles. The Labute approximate surface area is 156 Å². The molecular formula is C22H19FN2O2. The van der Waals surface area contributed by atoms with Crippen LogP contribution in [-0.2, 0) is 0 Å². The fourth-order valence-electron chi connectivity index (χ4n) is 3.38. The van der Waals surface area contributed by atoms with Crippen LogP contribution >= 0.6 is 0 Å². The number of hydrogen-bond donors (Lipinski definition) is 1. The maximum atomic E-state index is 13.4. The van der Waals surface area contributed by atoms with Crippen molar-refractivity contribution in [3.05, 3.63) is 71.4 Å². The zero-order chi connectivity index (χ0) is 19.1. The van der Waals surface area contributed by atoms with Crippen LogP contribution in [0, 0.1) is 19.7 Å². The summed E-state index contributed by atoms with van der Waals surface area (Å²) in [7, 11) is 0. The van der Waals surface area contributed by atoms with Crippen LogP contribution in [0.3, 0.4) is 0 Å². The number of pyridine rings is 1. The number of aryl methyl sites for hydroxylation is 2. The van der Waals surface area contributed by atoms with E-state index in [1.165, 1.54) is 12.1 Å². The quantitative estimate of drug-likeness (QED) is 0.532. The van der Waals surface area contributed by atoms with Gasteiger partial charge in [0.15, 0.2) is 0 Å². The summed E-state index contributed by atoms with van der Waals surface area (Å²) in [5, 5.41) is 15.0. The van der Waals surface area contributed by atoms with Crippen LogP contribution in [0.1, 0.15) is 29.9 Å². The summed E-state index contributed by atoms with van der Waals surface area (Å²) in [6.07, 6.45) is 1.01. The van der Waals surface area contributed by atoms with E-state index in [-0.39, 0.29) is 5.82 Å². The Morgan fingerprint density at radius 3 is 2.41 bits per heavy atom. The lowest BCUT2D eigenvalue weighted by Crippen LogP contribution is -1.98. The molecule has 27 heavy (non-hydrogen) atoms. The molecule has 2 aromatic carbocycles. The van der Waals surface area contributed by atoms with Crippen molar-refractivity contribution < 1.29 is 14.0 Å². The molecule has 0 aliphatic rings. The molecule has 4 aromatic rings. The maximum Gasteiger partial charge on any atom is 0.143 e. The first-order valence-electron chi connectivity index (χ1n) is 8.75. The van der Waals surface area contributed by atoms with Gasteiger partial charge in [-0.25, -0.2) is 9.37 Å². The lowest BCUT2D eigenvalue weighted by molar-refractivity contribution is 0.201. The Hall–Kier alpha value is -3.05. The van der Waals surface area contributed by atoms with Crippen molar-refractivity contribution in [3.8, 4) is 22.4 Å². The topological polar surface area (TPSA) is 59.2 Å². The zero-order valence-corrected chi connectivity index (χ0v) is 15.3. The molecule has 0 saturated carbocycles. The molecule has 1 unspecified atom stereocenters. The van der Waals surface area contributed by atoms with Crippen LogP contribution in [0.5, 0.6) is 0 Å². The normalized spacial score (nSPS) is 12.5. The predicted octanol–water partition coefficient (Wildman–Crippen LogP) is 5.37. The first-order chi connectivity index (χ1) is 12.9. The van der Waals surface area contributed by atoms with Gasteiger partial charge in [0.2, 0.25) is 0 Å². The van der Waals surface area contributed by atoms with Crippen LogP contribution in [-0.4, -0.2) is 15.2 Å². The minimum absolute atomic E-state index is 0.296. The van der Waals surface area contributed by atoms with Gasteiger partial charge in [0.25, 0.3) is 0 Å². The third-order valence-electron chi connectivity index (χ3n) is 4.72. The SMILES string of the molecule is Cc1cc(C(C)O)c2cc(-c3ccc(F)cc3)c(-c3cnoc3C)nc2c1. The molecular weight excluding hydrogens is 343 g/mol. The van der Waals surface area contributed by atoms with Crippen molar-refractivity contribution in [3.63, 3.8) is 0 Å². The molecule has 0 fully saturated rings. The second kappa shape index (κ2) is 6.59. The molecule has 0 saturated heterocycles. The van der Waals surface area contributed by atoms with Crippen LogP contribution in [0.2, 0.25) is 0 Å². The Bertz CT molecular complexity index is 1130. The second-order valence-corrected chi connectivity index (χ2v) is 6.78. The molecule has 0 spiro atoms. The van der Waals surface area contributed by atoms with Gasteiger partial charge in [-0.15, -0.1) is 0 Å². The predicted molar refractivity (Wildman–Crippen MR) is 103 cm³/mol. The second-order valence-electron chi connectivity index (χ2n) is 6.78. The standard InChI is InChI=1S/C22H19FN2O2/c1-12-8-17(13(2)26)19-10-18(15-4-6-16(23)7-5-15)22(25-21(19)9-12)20-11-24-27-14(20)3/h4-11,13,26H,1-3H3. The van der Waals surface area contributed by atoms with E-state index in [2.05, 4.69) is 5.16 Å². The van der Waals surface area contributed by atoms with Gasteiger partial charge in [-0.2, -0.15) is 0 Å². The Morgan fingerprint density at radius 2 is 1.78 bits per heavy atom. The highest BCUT2D eigenvalue weighted by atomic mass is 19.1.